The standard InChI is InChI=1S/C8H12N4O2/c9-8(3-1-2-4-8)7-6(12(13)14)5-10-11-7/h5H,1-4,9H2,(H,10,11). The van der Waals surface area contributed by atoms with Gasteiger partial charge in [-0.15, -0.1) is 0 Å². The topological polar surface area (TPSA) is 97.8 Å². The van der Waals surface area contributed by atoms with Crippen LogP contribution < -0.4 is 5.73 Å². The Kier molecular flexibility index (Phi) is 1.99. The molecule has 0 spiro atoms. The zero-order valence-corrected chi connectivity index (χ0v) is 7.69. The summed E-state index contributed by atoms with van der Waals surface area (Å²) in [6.07, 6.45) is 4.84. The maximum atomic E-state index is 10.7. The van der Waals surface area contributed by atoms with Crippen molar-refractivity contribution in [1.82, 2.24) is 10.2 Å². The van der Waals surface area contributed by atoms with E-state index < -0.39 is 10.5 Å². The van der Waals surface area contributed by atoms with E-state index in [1.54, 1.807) is 0 Å². The van der Waals surface area contributed by atoms with Crippen LogP contribution in [0.5, 0.6) is 0 Å². The number of nitrogens with zero attached hydrogens (tertiary/aromatic N) is 2. The molecule has 0 aliphatic heterocycles. The Balaban J connectivity index is 2.40. The van der Waals surface area contributed by atoms with Crippen molar-refractivity contribution in [3.8, 4) is 0 Å². The summed E-state index contributed by atoms with van der Waals surface area (Å²) in [6.45, 7) is 0. The minimum absolute atomic E-state index is 0.00870. The number of H-pyrrole nitrogens is 1. The Labute approximate surface area is 80.6 Å². The van der Waals surface area contributed by atoms with Crippen molar-refractivity contribution < 1.29 is 4.92 Å². The SMILES string of the molecule is NC1(c2[nH]ncc2[N+](=O)[O-])CCCC1. The number of nitro groups is 1. The molecule has 14 heavy (non-hydrogen) atoms. The average molecular weight is 196 g/mol. The van der Waals surface area contributed by atoms with Gasteiger partial charge < -0.3 is 5.73 Å². The lowest BCUT2D eigenvalue weighted by atomic mass is 9.94. The molecular weight excluding hydrogens is 184 g/mol. The van der Waals surface area contributed by atoms with E-state index in [9.17, 15) is 10.1 Å². The van der Waals surface area contributed by atoms with E-state index in [1.807, 2.05) is 0 Å². The normalized spacial score (nSPS) is 19.8. The van der Waals surface area contributed by atoms with Crippen molar-refractivity contribution in [1.29, 1.82) is 0 Å². The number of aromatic amines is 1. The quantitative estimate of drug-likeness (QED) is 0.545. The minimum Gasteiger partial charge on any atom is -0.320 e. The largest absolute Gasteiger partial charge is 0.320 e. The van der Waals surface area contributed by atoms with Crippen LogP contribution in [0.25, 0.3) is 0 Å². The van der Waals surface area contributed by atoms with Crippen LogP contribution in [0.1, 0.15) is 31.4 Å². The first-order chi connectivity index (χ1) is 6.63. The maximum absolute atomic E-state index is 10.7. The van der Waals surface area contributed by atoms with Gasteiger partial charge in [0.2, 0.25) is 0 Å². The van der Waals surface area contributed by atoms with Crippen molar-refractivity contribution in [2.24, 2.45) is 5.73 Å². The molecule has 6 heteroatoms. The molecule has 0 bridgehead atoms. The molecule has 1 fully saturated rings. The number of aromatic nitrogens is 2. The van der Waals surface area contributed by atoms with Gasteiger partial charge >= 0.3 is 5.69 Å². The molecule has 2 rings (SSSR count). The van der Waals surface area contributed by atoms with Gasteiger partial charge in [0.05, 0.1) is 10.5 Å². The van der Waals surface area contributed by atoms with Gasteiger partial charge in [-0.05, 0) is 12.8 Å². The van der Waals surface area contributed by atoms with Crippen molar-refractivity contribution in [3.05, 3.63) is 22.0 Å². The lowest BCUT2D eigenvalue weighted by molar-refractivity contribution is -0.386. The van der Waals surface area contributed by atoms with E-state index in [-0.39, 0.29) is 5.69 Å². The number of nitrogens with two attached hydrogens (primary N) is 1. The number of hydrogen-bond acceptors (Lipinski definition) is 4. The highest BCUT2D eigenvalue weighted by Gasteiger charge is 2.38. The molecule has 0 radical (unpaired) electrons. The molecule has 0 atom stereocenters. The highest BCUT2D eigenvalue weighted by Crippen LogP contribution is 2.38. The van der Waals surface area contributed by atoms with Gasteiger partial charge in [0.25, 0.3) is 0 Å². The summed E-state index contributed by atoms with van der Waals surface area (Å²) in [7, 11) is 0. The molecule has 6 nitrogen and oxygen atoms in total. The molecule has 0 unspecified atom stereocenters. The average Bonchev–Trinajstić information content (AvgIpc) is 2.71. The van der Waals surface area contributed by atoms with Gasteiger partial charge in [-0.25, -0.2) is 0 Å². The molecule has 1 aromatic rings. The lowest BCUT2D eigenvalue weighted by Crippen LogP contribution is -2.34. The number of rotatable bonds is 2. The molecule has 1 saturated carbocycles. The lowest BCUT2D eigenvalue weighted by Gasteiger charge is -2.20. The van der Waals surface area contributed by atoms with Gasteiger partial charge in [0.15, 0.2) is 0 Å². The highest BCUT2D eigenvalue weighted by molar-refractivity contribution is 5.37. The molecule has 0 amide bonds. The summed E-state index contributed by atoms with van der Waals surface area (Å²) in [5.41, 5.74) is 6.00. The van der Waals surface area contributed by atoms with Crippen LogP contribution in [-0.4, -0.2) is 15.1 Å². The molecule has 1 aliphatic rings. The summed E-state index contributed by atoms with van der Waals surface area (Å²) in [5.74, 6) is 0. The molecule has 1 aliphatic carbocycles. The third-order valence-electron chi connectivity index (χ3n) is 2.81. The second-order valence-corrected chi connectivity index (χ2v) is 3.75. The molecule has 1 heterocycles. The zero-order valence-electron chi connectivity index (χ0n) is 7.69. The first-order valence-corrected chi connectivity index (χ1v) is 4.61. The molecule has 1 aromatic heterocycles. The first kappa shape index (κ1) is 9.14. The van der Waals surface area contributed by atoms with Crippen LogP contribution in [0.15, 0.2) is 6.20 Å². The second kappa shape index (κ2) is 3.06. The Morgan fingerprint density at radius 2 is 2.21 bits per heavy atom. The maximum Gasteiger partial charge on any atom is 0.311 e. The fourth-order valence-electron chi connectivity index (χ4n) is 2.04. The van der Waals surface area contributed by atoms with E-state index in [0.29, 0.717) is 5.69 Å². The summed E-state index contributed by atoms with van der Waals surface area (Å²) in [4.78, 5) is 10.2. The van der Waals surface area contributed by atoms with Crippen molar-refractivity contribution in [3.63, 3.8) is 0 Å². The number of nitrogens with one attached hydrogen (secondary N) is 1. The van der Waals surface area contributed by atoms with Crippen molar-refractivity contribution in [2.45, 2.75) is 31.2 Å². The monoisotopic (exact) mass is 196 g/mol. The van der Waals surface area contributed by atoms with Crippen LogP contribution in [-0.2, 0) is 5.54 Å². The predicted molar refractivity (Wildman–Crippen MR) is 49.6 cm³/mol. The summed E-state index contributed by atoms with van der Waals surface area (Å²) in [5, 5.41) is 17.0. The minimum atomic E-state index is -0.571. The van der Waals surface area contributed by atoms with Gasteiger partial charge in [-0.2, -0.15) is 5.10 Å². The Hall–Kier alpha value is -1.43. The summed E-state index contributed by atoms with van der Waals surface area (Å²) >= 11 is 0. The fraction of sp³-hybridized carbons (Fsp3) is 0.625. The van der Waals surface area contributed by atoms with Crippen LogP contribution in [0.3, 0.4) is 0 Å². The van der Waals surface area contributed by atoms with Gasteiger partial charge in [0, 0.05) is 0 Å². The van der Waals surface area contributed by atoms with Crippen LogP contribution in [0.2, 0.25) is 0 Å². The molecule has 0 aromatic carbocycles. The zero-order chi connectivity index (χ0) is 10.2. The third-order valence-corrected chi connectivity index (χ3v) is 2.81. The fourth-order valence-corrected chi connectivity index (χ4v) is 2.04. The van der Waals surface area contributed by atoms with E-state index in [0.717, 1.165) is 25.7 Å². The van der Waals surface area contributed by atoms with E-state index in [2.05, 4.69) is 10.2 Å². The third kappa shape index (κ3) is 1.27. The molecular formula is C8H12N4O2. The van der Waals surface area contributed by atoms with Crippen LogP contribution in [0, 0.1) is 10.1 Å². The predicted octanol–water partition coefficient (Wildman–Crippen LogP) is 1.05. The second-order valence-electron chi connectivity index (χ2n) is 3.75. The van der Waals surface area contributed by atoms with Gasteiger partial charge in [-0.1, -0.05) is 12.8 Å². The molecule has 0 saturated heterocycles. The first-order valence-electron chi connectivity index (χ1n) is 4.61. The van der Waals surface area contributed by atoms with Crippen LogP contribution >= 0.6 is 0 Å². The van der Waals surface area contributed by atoms with Crippen molar-refractivity contribution in [2.75, 3.05) is 0 Å². The highest BCUT2D eigenvalue weighted by atomic mass is 16.6. The van der Waals surface area contributed by atoms with E-state index in [1.165, 1.54) is 6.20 Å². The summed E-state index contributed by atoms with van der Waals surface area (Å²) in [6, 6.07) is 0. The van der Waals surface area contributed by atoms with E-state index in [4.69, 9.17) is 5.73 Å². The molecule has 3 N–H and O–H groups in total. The summed E-state index contributed by atoms with van der Waals surface area (Å²) < 4.78 is 0. The van der Waals surface area contributed by atoms with Crippen LogP contribution in [0.4, 0.5) is 5.69 Å². The Morgan fingerprint density at radius 3 is 2.79 bits per heavy atom. The Bertz CT molecular complexity index is 354. The van der Waals surface area contributed by atoms with Gasteiger partial charge in [-0.3, -0.25) is 15.2 Å². The van der Waals surface area contributed by atoms with E-state index >= 15 is 0 Å². The van der Waals surface area contributed by atoms with Gasteiger partial charge in [0.1, 0.15) is 11.9 Å². The molecule has 76 valence electrons. The smallest absolute Gasteiger partial charge is 0.311 e. The number of hydrogen-bond donors (Lipinski definition) is 2. The van der Waals surface area contributed by atoms with Crippen molar-refractivity contribution >= 4 is 5.69 Å². The Morgan fingerprint density at radius 1 is 1.57 bits per heavy atom.